The Morgan fingerprint density at radius 3 is 2.25 bits per heavy atom. The number of hydrogen-bond donors (Lipinski definition) is 0. The standard InChI is InChI=1S/C12H22N2O2/c1-9(2)11(8-13)12(15)14(10(3)4)6-7-16-5/h9-11H,6-7H2,1-5H3. The van der Waals surface area contributed by atoms with Crippen molar-refractivity contribution in [3.8, 4) is 6.07 Å². The molecule has 0 aromatic heterocycles. The molecule has 0 saturated carbocycles. The average Bonchev–Trinajstić information content (AvgIpc) is 2.18. The van der Waals surface area contributed by atoms with E-state index in [1.165, 1.54) is 0 Å². The number of methoxy groups -OCH3 is 1. The van der Waals surface area contributed by atoms with Crippen molar-refractivity contribution in [2.75, 3.05) is 20.3 Å². The summed E-state index contributed by atoms with van der Waals surface area (Å²) in [5.41, 5.74) is 0. The molecule has 0 aliphatic carbocycles. The molecule has 0 saturated heterocycles. The van der Waals surface area contributed by atoms with E-state index in [9.17, 15) is 4.79 Å². The number of rotatable bonds is 6. The summed E-state index contributed by atoms with van der Waals surface area (Å²) in [4.78, 5) is 13.8. The van der Waals surface area contributed by atoms with Crippen LogP contribution in [0.4, 0.5) is 0 Å². The fourth-order valence-electron chi connectivity index (χ4n) is 1.48. The summed E-state index contributed by atoms with van der Waals surface area (Å²) >= 11 is 0. The maximum atomic E-state index is 12.1. The van der Waals surface area contributed by atoms with E-state index in [1.54, 1.807) is 12.0 Å². The van der Waals surface area contributed by atoms with Gasteiger partial charge < -0.3 is 9.64 Å². The van der Waals surface area contributed by atoms with Crippen molar-refractivity contribution < 1.29 is 9.53 Å². The largest absolute Gasteiger partial charge is 0.383 e. The van der Waals surface area contributed by atoms with Gasteiger partial charge in [-0.3, -0.25) is 4.79 Å². The molecule has 0 aromatic rings. The first-order valence-corrected chi connectivity index (χ1v) is 5.64. The number of amides is 1. The second-order valence-electron chi connectivity index (χ2n) is 4.47. The number of ether oxygens (including phenoxy) is 1. The molecule has 0 fully saturated rings. The highest BCUT2D eigenvalue weighted by Crippen LogP contribution is 2.15. The zero-order chi connectivity index (χ0) is 12.7. The molecule has 92 valence electrons. The van der Waals surface area contributed by atoms with Crippen LogP contribution >= 0.6 is 0 Å². The molecule has 0 rings (SSSR count). The minimum Gasteiger partial charge on any atom is -0.383 e. The summed E-state index contributed by atoms with van der Waals surface area (Å²) in [5, 5.41) is 8.99. The third-order valence-corrected chi connectivity index (χ3v) is 2.51. The minimum atomic E-state index is -0.556. The Kier molecular flexibility index (Phi) is 6.75. The second kappa shape index (κ2) is 7.24. The molecular formula is C12H22N2O2. The number of hydrogen-bond acceptors (Lipinski definition) is 3. The van der Waals surface area contributed by atoms with E-state index in [4.69, 9.17) is 10.00 Å². The lowest BCUT2D eigenvalue weighted by atomic mass is 9.95. The van der Waals surface area contributed by atoms with Crippen LogP contribution in [-0.2, 0) is 9.53 Å². The molecule has 16 heavy (non-hydrogen) atoms. The van der Waals surface area contributed by atoms with Crippen LogP contribution in [-0.4, -0.2) is 37.1 Å². The molecule has 1 amide bonds. The predicted octanol–water partition coefficient (Wildman–Crippen LogP) is 1.67. The fraction of sp³-hybridized carbons (Fsp3) is 0.833. The molecular weight excluding hydrogens is 204 g/mol. The van der Waals surface area contributed by atoms with Crippen molar-refractivity contribution in [1.82, 2.24) is 4.90 Å². The molecule has 0 bridgehead atoms. The maximum absolute atomic E-state index is 12.1. The van der Waals surface area contributed by atoms with Crippen LogP contribution < -0.4 is 0 Å². The molecule has 0 aliphatic heterocycles. The van der Waals surface area contributed by atoms with Crippen LogP contribution in [0.2, 0.25) is 0 Å². The molecule has 0 N–H and O–H groups in total. The Hall–Kier alpha value is -1.08. The van der Waals surface area contributed by atoms with Crippen LogP contribution in [0.15, 0.2) is 0 Å². The lowest BCUT2D eigenvalue weighted by Crippen LogP contribution is -2.43. The van der Waals surface area contributed by atoms with Gasteiger partial charge in [0.2, 0.25) is 5.91 Å². The first-order valence-electron chi connectivity index (χ1n) is 5.64. The van der Waals surface area contributed by atoms with Gasteiger partial charge in [-0.05, 0) is 19.8 Å². The van der Waals surface area contributed by atoms with Gasteiger partial charge in [-0.15, -0.1) is 0 Å². The van der Waals surface area contributed by atoms with Crippen molar-refractivity contribution in [3.63, 3.8) is 0 Å². The normalized spacial score (nSPS) is 12.6. The minimum absolute atomic E-state index is 0.0429. The molecule has 4 heteroatoms. The van der Waals surface area contributed by atoms with Crippen LogP contribution in [0.3, 0.4) is 0 Å². The van der Waals surface area contributed by atoms with Gasteiger partial charge in [-0.25, -0.2) is 0 Å². The Labute approximate surface area is 98.2 Å². The summed E-state index contributed by atoms with van der Waals surface area (Å²) in [5.74, 6) is -0.606. The highest BCUT2D eigenvalue weighted by molar-refractivity contribution is 5.81. The van der Waals surface area contributed by atoms with Gasteiger partial charge in [-0.1, -0.05) is 13.8 Å². The molecule has 1 unspecified atom stereocenters. The molecule has 1 atom stereocenters. The van der Waals surface area contributed by atoms with Gasteiger partial charge in [0, 0.05) is 19.7 Å². The fourth-order valence-corrected chi connectivity index (χ4v) is 1.48. The SMILES string of the molecule is COCCN(C(=O)C(C#N)C(C)C)C(C)C. The monoisotopic (exact) mass is 226 g/mol. The number of nitriles is 1. The van der Waals surface area contributed by atoms with E-state index in [0.29, 0.717) is 13.2 Å². The van der Waals surface area contributed by atoms with E-state index in [-0.39, 0.29) is 17.9 Å². The zero-order valence-electron chi connectivity index (χ0n) is 10.9. The van der Waals surface area contributed by atoms with Gasteiger partial charge in [0.15, 0.2) is 0 Å². The van der Waals surface area contributed by atoms with Crippen molar-refractivity contribution in [2.45, 2.75) is 33.7 Å². The summed E-state index contributed by atoms with van der Waals surface area (Å²) < 4.78 is 4.97. The van der Waals surface area contributed by atoms with Gasteiger partial charge in [0.1, 0.15) is 5.92 Å². The maximum Gasteiger partial charge on any atom is 0.240 e. The molecule has 0 heterocycles. The smallest absolute Gasteiger partial charge is 0.240 e. The van der Waals surface area contributed by atoms with Crippen LogP contribution in [0.5, 0.6) is 0 Å². The molecule has 0 aliphatic rings. The predicted molar refractivity (Wildman–Crippen MR) is 62.7 cm³/mol. The first kappa shape index (κ1) is 14.9. The van der Waals surface area contributed by atoms with E-state index in [1.807, 2.05) is 27.7 Å². The molecule has 0 aromatic carbocycles. The summed E-state index contributed by atoms with van der Waals surface area (Å²) in [6, 6.07) is 2.18. The lowest BCUT2D eigenvalue weighted by molar-refractivity contribution is -0.137. The number of carbonyl (C=O) groups excluding carboxylic acids is 1. The lowest BCUT2D eigenvalue weighted by Gasteiger charge is -2.29. The van der Waals surface area contributed by atoms with E-state index in [0.717, 1.165) is 0 Å². The van der Waals surface area contributed by atoms with E-state index < -0.39 is 5.92 Å². The summed E-state index contributed by atoms with van der Waals surface area (Å²) in [6.45, 7) is 8.71. The number of nitrogens with zero attached hydrogens (tertiary/aromatic N) is 2. The summed E-state index contributed by atoms with van der Waals surface area (Å²) in [6.07, 6.45) is 0. The van der Waals surface area contributed by atoms with Crippen LogP contribution in [0, 0.1) is 23.2 Å². The van der Waals surface area contributed by atoms with E-state index in [2.05, 4.69) is 6.07 Å². The summed E-state index contributed by atoms with van der Waals surface area (Å²) in [7, 11) is 1.60. The van der Waals surface area contributed by atoms with Crippen molar-refractivity contribution in [3.05, 3.63) is 0 Å². The van der Waals surface area contributed by atoms with Gasteiger partial charge in [0.05, 0.1) is 12.7 Å². The molecule has 0 radical (unpaired) electrons. The quantitative estimate of drug-likeness (QED) is 0.692. The highest BCUT2D eigenvalue weighted by atomic mass is 16.5. The van der Waals surface area contributed by atoms with Crippen LogP contribution in [0.1, 0.15) is 27.7 Å². The Bertz CT molecular complexity index is 256. The van der Waals surface area contributed by atoms with Gasteiger partial charge in [-0.2, -0.15) is 5.26 Å². The second-order valence-corrected chi connectivity index (χ2v) is 4.47. The first-order chi connectivity index (χ1) is 7.45. The third-order valence-electron chi connectivity index (χ3n) is 2.51. The van der Waals surface area contributed by atoms with Crippen molar-refractivity contribution >= 4 is 5.91 Å². The average molecular weight is 226 g/mol. The highest BCUT2D eigenvalue weighted by Gasteiger charge is 2.28. The Balaban J connectivity index is 4.66. The zero-order valence-corrected chi connectivity index (χ0v) is 10.9. The van der Waals surface area contributed by atoms with Crippen LogP contribution in [0.25, 0.3) is 0 Å². The van der Waals surface area contributed by atoms with Gasteiger partial charge in [0.25, 0.3) is 0 Å². The molecule has 4 nitrogen and oxygen atoms in total. The Morgan fingerprint density at radius 2 is 1.94 bits per heavy atom. The Morgan fingerprint density at radius 1 is 1.38 bits per heavy atom. The molecule has 0 spiro atoms. The van der Waals surface area contributed by atoms with Crippen molar-refractivity contribution in [1.29, 1.82) is 5.26 Å². The van der Waals surface area contributed by atoms with E-state index >= 15 is 0 Å². The third kappa shape index (κ3) is 4.19. The number of carbonyl (C=O) groups is 1. The van der Waals surface area contributed by atoms with Crippen molar-refractivity contribution in [2.24, 2.45) is 11.8 Å². The topological polar surface area (TPSA) is 53.3 Å². The van der Waals surface area contributed by atoms with Gasteiger partial charge >= 0.3 is 0 Å².